The van der Waals surface area contributed by atoms with Crippen molar-refractivity contribution < 1.29 is 29.6 Å². The summed E-state index contributed by atoms with van der Waals surface area (Å²) in [7, 11) is 1.30. The van der Waals surface area contributed by atoms with Crippen LogP contribution in [0.15, 0.2) is 0 Å². The fourth-order valence-corrected chi connectivity index (χ4v) is 2.27. The molecular formula is C11H21NO6. The minimum absolute atomic E-state index is 0.000591. The first-order chi connectivity index (χ1) is 8.24. The maximum Gasteiger partial charge on any atom is 0.326 e. The Morgan fingerprint density at radius 3 is 2.33 bits per heavy atom. The lowest BCUT2D eigenvalue weighted by atomic mass is 9.82. The van der Waals surface area contributed by atoms with Crippen molar-refractivity contribution in [2.75, 3.05) is 7.11 Å². The molecule has 0 aromatic rings. The average Bonchev–Trinajstić information content (AvgIpc) is 2.55. The zero-order valence-corrected chi connectivity index (χ0v) is 10.7. The highest BCUT2D eigenvalue weighted by atomic mass is 16.7. The van der Waals surface area contributed by atoms with Gasteiger partial charge in [-0.15, -0.1) is 0 Å². The second-order valence-corrected chi connectivity index (χ2v) is 5.09. The Kier molecular flexibility index (Phi) is 4.68. The normalized spacial score (nSPS) is 35.7. The van der Waals surface area contributed by atoms with E-state index >= 15 is 0 Å². The highest BCUT2D eigenvalue weighted by Gasteiger charge is 2.55. The lowest BCUT2D eigenvalue weighted by Gasteiger charge is -2.33. The molecule has 0 spiro atoms. The van der Waals surface area contributed by atoms with Gasteiger partial charge in [0, 0.05) is 7.11 Å². The van der Waals surface area contributed by atoms with Crippen molar-refractivity contribution in [3.05, 3.63) is 0 Å². The number of hydrogen-bond acceptors (Lipinski definition) is 6. The third-order valence-electron chi connectivity index (χ3n) is 3.10. The molecule has 0 unspecified atom stereocenters. The van der Waals surface area contributed by atoms with Crippen LogP contribution in [0.2, 0.25) is 0 Å². The molecule has 7 nitrogen and oxygen atoms in total. The number of aliphatic hydroxyl groups excluding tert-OH is 2. The summed E-state index contributed by atoms with van der Waals surface area (Å²) in [5, 5.41) is 28.8. The van der Waals surface area contributed by atoms with Gasteiger partial charge in [0.25, 0.3) is 0 Å². The Labute approximate surface area is 105 Å². The van der Waals surface area contributed by atoms with Crippen molar-refractivity contribution in [1.82, 2.24) is 0 Å². The molecule has 1 saturated heterocycles. The average molecular weight is 263 g/mol. The summed E-state index contributed by atoms with van der Waals surface area (Å²) in [5.41, 5.74) is 4.10. The number of aliphatic carboxylic acids is 1. The van der Waals surface area contributed by atoms with Gasteiger partial charge in [0.05, 0.1) is 0 Å². The van der Waals surface area contributed by atoms with Gasteiger partial charge < -0.3 is 30.5 Å². The summed E-state index contributed by atoms with van der Waals surface area (Å²) < 4.78 is 10.1. The summed E-state index contributed by atoms with van der Waals surface area (Å²) in [6, 6.07) is 0. The maximum absolute atomic E-state index is 11.4. The maximum atomic E-state index is 11.4. The Morgan fingerprint density at radius 2 is 2.00 bits per heavy atom. The van der Waals surface area contributed by atoms with E-state index in [0.717, 1.165) is 0 Å². The van der Waals surface area contributed by atoms with Crippen molar-refractivity contribution >= 4 is 5.97 Å². The molecule has 0 aliphatic carbocycles. The van der Waals surface area contributed by atoms with Gasteiger partial charge >= 0.3 is 5.97 Å². The molecular weight excluding hydrogens is 242 g/mol. The molecule has 5 atom stereocenters. The summed E-state index contributed by atoms with van der Waals surface area (Å²) in [6.45, 7) is 3.63. The standard InChI is InChI=1S/C11H21NO6/c1-5(2)4-11(12,10(15)16)8-6(13)7(14)9(17-3)18-8/h5-9,13-14H,4,12H2,1-3H3,(H,15,16)/t6-,7+,8+,9+,11-/m1/s1. The molecule has 106 valence electrons. The van der Waals surface area contributed by atoms with Crippen molar-refractivity contribution in [2.45, 2.75) is 50.4 Å². The van der Waals surface area contributed by atoms with E-state index in [9.17, 15) is 20.1 Å². The van der Waals surface area contributed by atoms with E-state index in [4.69, 9.17) is 15.2 Å². The van der Waals surface area contributed by atoms with Crippen molar-refractivity contribution in [2.24, 2.45) is 11.7 Å². The largest absolute Gasteiger partial charge is 0.480 e. The van der Waals surface area contributed by atoms with Gasteiger partial charge in [-0.1, -0.05) is 13.8 Å². The van der Waals surface area contributed by atoms with Crippen LogP contribution in [0.4, 0.5) is 0 Å². The van der Waals surface area contributed by atoms with Gasteiger partial charge in [0.1, 0.15) is 23.9 Å². The van der Waals surface area contributed by atoms with E-state index in [1.54, 1.807) is 0 Å². The number of carboxylic acid groups (broad SMARTS) is 1. The molecule has 0 saturated carbocycles. The van der Waals surface area contributed by atoms with E-state index in [-0.39, 0.29) is 12.3 Å². The SMILES string of the molecule is CO[C@H]1O[C@H]([C@](N)(CC(C)C)C(=O)O)[C@H](O)[C@@H]1O. The topological polar surface area (TPSA) is 122 Å². The van der Waals surface area contributed by atoms with Crippen LogP contribution in [0, 0.1) is 5.92 Å². The lowest BCUT2D eigenvalue weighted by molar-refractivity contribution is -0.172. The number of rotatable bonds is 5. The highest BCUT2D eigenvalue weighted by Crippen LogP contribution is 2.32. The van der Waals surface area contributed by atoms with Gasteiger partial charge in [-0.25, -0.2) is 0 Å². The third kappa shape index (κ3) is 2.65. The van der Waals surface area contributed by atoms with Gasteiger partial charge in [-0.2, -0.15) is 0 Å². The van der Waals surface area contributed by atoms with Crippen LogP contribution >= 0.6 is 0 Å². The number of nitrogens with two attached hydrogens (primary N) is 1. The molecule has 0 bridgehead atoms. The molecule has 1 rings (SSSR count). The minimum atomic E-state index is -1.76. The van der Waals surface area contributed by atoms with Crippen LogP contribution in [0.5, 0.6) is 0 Å². The van der Waals surface area contributed by atoms with Gasteiger partial charge in [-0.05, 0) is 12.3 Å². The first kappa shape index (κ1) is 15.3. The Bertz CT molecular complexity index is 310. The summed E-state index contributed by atoms with van der Waals surface area (Å²) in [5.74, 6) is -1.27. The fourth-order valence-electron chi connectivity index (χ4n) is 2.27. The Balaban J connectivity index is 2.97. The first-order valence-electron chi connectivity index (χ1n) is 5.80. The quantitative estimate of drug-likeness (QED) is 0.497. The number of methoxy groups -OCH3 is 1. The molecule has 1 aliphatic rings. The predicted octanol–water partition coefficient (Wildman–Crippen LogP) is -1.09. The molecule has 0 aromatic carbocycles. The predicted molar refractivity (Wildman–Crippen MR) is 61.7 cm³/mol. The van der Waals surface area contributed by atoms with Crippen molar-refractivity contribution in [3.8, 4) is 0 Å². The molecule has 0 amide bonds. The van der Waals surface area contributed by atoms with E-state index in [0.29, 0.717) is 0 Å². The van der Waals surface area contributed by atoms with Crippen LogP contribution in [-0.4, -0.2) is 58.5 Å². The molecule has 1 fully saturated rings. The highest BCUT2D eigenvalue weighted by molar-refractivity contribution is 5.79. The number of carbonyl (C=O) groups is 1. The lowest BCUT2D eigenvalue weighted by Crippen LogP contribution is -2.61. The van der Waals surface area contributed by atoms with Gasteiger partial charge in [-0.3, -0.25) is 4.79 Å². The molecule has 5 N–H and O–H groups in total. The minimum Gasteiger partial charge on any atom is -0.480 e. The molecule has 0 radical (unpaired) electrons. The number of hydrogen-bond donors (Lipinski definition) is 4. The molecule has 1 aliphatic heterocycles. The second-order valence-electron chi connectivity index (χ2n) is 5.09. The first-order valence-corrected chi connectivity index (χ1v) is 5.80. The fraction of sp³-hybridized carbons (Fsp3) is 0.909. The summed E-state index contributed by atoms with van der Waals surface area (Å²) >= 11 is 0. The van der Waals surface area contributed by atoms with Crippen LogP contribution < -0.4 is 5.73 Å². The Morgan fingerprint density at radius 1 is 1.44 bits per heavy atom. The number of ether oxygens (including phenoxy) is 2. The number of aliphatic hydroxyl groups is 2. The third-order valence-corrected chi connectivity index (χ3v) is 3.10. The van der Waals surface area contributed by atoms with E-state index in [1.807, 2.05) is 13.8 Å². The van der Waals surface area contributed by atoms with E-state index < -0.39 is 36.1 Å². The summed E-state index contributed by atoms with van der Waals surface area (Å²) in [6.07, 6.45) is -4.87. The van der Waals surface area contributed by atoms with Crippen molar-refractivity contribution in [1.29, 1.82) is 0 Å². The van der Waals surface area contributed by atoms with Gasteiger partial charge in [0.15, 0.2) is 6.29 Å². The van der Waals surface area contributed by atoms with Crippen LogP contribution in [0.1, 0.15) is 20.3 Å². The number of carboxylic acids is 1. The second kappa shape index (κ2) is 5.50. The zero-order chi connectivity index (χ0) is 14.1. The summed E-state index contributed by atoms with van der Waals surface area (Å²) in [4.78, 5) is 11.4. The molecule has 18 heavy (non-hydrogen) atoms. The van der Waals surface area contributed by atoms with Gasteiger partial charge in [0.2, 0.25) is 0 Å². The van der Waals surface area contributed by atoms with Crippen molar-refractivity contribution in [3.63, 3.8) is 0 Å². The van der Waals surface area contributed by atoms with E-state index in [1.165, 1.54) is 7.11 Å². The Hall–Kier alpha value is -0.730. The molecule has 0 aromatic heterocycles. The monoisotopic (exact) mass is 263 g/mol. The van der Waals surface area contributed by atoms with E-state index in [2.05, 4.69) is 0 Å². The molecule has 1 heterocycles. The smallest absolute Gasteiger partial charge is 0.326 e. The van der Waals surface area contributed by atoms with Crippen LogP contribution in [0.25, 0.3) is 0 Å². The van der Waals surface area contributed by atoms with Crippen LogP contribution in [0.3, 0.4) is 0 Å². The zero-order valence-electron chi connectivity index (χ0n) is 10.7. The molecule has 7 heteroatoms. The van der Waals surface area contributed by atoms with Crippen LogP contribution in [-0.2, 0) is 14.3 Å².